The van der Waals surface area contributed by atoms with Gasteiger partial charge in [-0.2, -0.15) is 0 Å². The minimum Gasteiger partial charge on any atom is -0.327 e. The number of halogens is 1. The van der Waals surface area contributed by atoms with Crippen LogP contribution in [0.5, 0.6) is 0 Å². The summed E-state index contributed by atoms with van der Waals surface area (Å²) in [6.07, 6.45) is 1.51. The van der Waals surface area contributed by atoms with E-state index in [-0.39, 0.29) is 36.2 Å². The molecule has 0 saturated carbocycles. The number of anilines is 2. The van der Waals surface area contributed by atoms with Crippen molar-refractivity contribution in [2.24, 2.45) is 5.92 Å². The maximum Gasteiger partial charge on any atom is 0.250 e. The summed E-state index contributed by atoms with van der Waals surface area (Å²) in [6, 6.07) is 6.02. The van der Waals surface area contributed by atoms with Gasteiger partial charge in [0.25, 0.3) is 5.56 Å². The van der Waals surface area contributed by atoms with Gasteiger partial charge in [-0.3, -0.25) is 14.4 Å². The summed E-state index contributed by atoms with van der Waals surface area (Å²) in [5, 5.41) is 2.72. The number of nitrogens with one attached hydrogen (secondary N) is 2. The van der Waals surface area contributed by atoms with Gasteiger partial charge in [-0.25, -0.2) is 4.39 Å². The average Bonchev–Trinajstić information content (AvgIpc) is 2.95. The summed E-state index contributed by atoms with van der Waals surface area (Å²) in [5.41, 5.74) is 1.78. The summed E-state index contributed by atoms with van der Waals surface area (Å²) >= 11 is 0. The SMILES string of the molecule is Cc1cc(N2CC(C(=O)Nc3c[nH]c(=O)c(C)c3)CC2=O)ccc1F. The molecule has 1 unspecified atom stereocenters. The van der Waals surface area contributed by atoms with Crippen molar-refractivity contribution in [1.82, 2.24) is 4.98 Å². The van der Waals surface area contributed by atoms with Crippen LogP contribution in [0.2, 0.25) is 0 Å². The number of H-pyrrole nitrogens is 1. The molecule has 6 nitrogen and oxygen atoms in total. The number of benzene rings is 1. The van der Waals surface area contributed by atoms with E-state index in [2.05, 4.69) is 10.3 Å². The van der Waals surface area contributed by atoms with Gasteiger partial charge < -0.3 is 15.2 Å². The van der Waals surface area contributed by atoms with Gasteiger partial charge in [0.2, 0.25) is 11.8 Å². The molecule has 7 heteroatoms. The molecule has 1 aromatic heterocycles. The monoisotopic (exact) mass is 343 g/mol. The molecule has 2 amide bonds. The van der Waals surface area contributed by atoms with Crippen LogP contribution in [0.3, 0.4) is 0 Å². The number of carbonyl (C=O) groups excluding carboxylic acids is 2. The van der Waals surface area contributed by atoms with Gasteiger partial charge in [-0.1, -0.05) is 0 Å². The fraction of sp³-hybridized carbons (Fsp3) is 0.278. The van der Waals surface area contributed by atoms with Crippen molar-refractivity contribution in [2.75, 3.05) is 16.8 Å². The largest absolute Gasteiger partial charge is 0.327 e. The Morgan fingerprint density at radius 2 is 2.00 bits per heavy atom. The molecule has 2 aromatic rings. The predicted octanol–water partition coefficient (Wildman–Crippen LogP) is 2.12. The lowest BCUT2D eigenvalue weighted by molar-refractivity contribution is -0.122. The Hall–Kier alpha value is -2.96. The van der Waals surface area contributed by atoms with Crippen molar-refractivity contribution >= 4 is 23.2 Å². The van der Waals surface area contributed by atoms with Crippen molar-refractivity contribution in [3.8, 4) is 0 Å². The van der Waals surface area contributed by atoms with Gasteiger partial charge in [0.05, 0.1) is 11.6 Å². The van der Waals surface area contributed by atoms with Crippen LogP contribution >= 0.6 is 0 Å². The first-order valence-electron chi connectivity index (χ1n) is 7.92. The van der Waals surface area contributed by atoms with Gasteiger partial charge in [-0.05, 0) is 43.7 Å². The Bertz CT molecular complexity index is 907. The zero-order valence-electron chi connectivity index (χ0n) is 13.9. The Morgan fingerprint density at radius 3 is 2.68 bits per heavy atom. The van der Waals surface area contributed by atoms with Crippen LogP contribution in [0.1, 0.15) is 17.5 Å². The fourth-order valence-corrected chi connectivity index (χ4v) is 2.84. The predicted molar refractivity (Wildman–Crippen MR) is 92.0 cm³/mol. The van der Waals surface area contributed by atoms with E-state index in [4.69, 9.17) is 0 Å². The maximum absolute atomic E-state index is 13.4. The number of hydrogen-bond donors (Lipinski definition) is 2. The number of nitrogens with zero attached hydrogens (tertiary/aromatic N) is 1. The normalized spacial score (nSPS) is 17.0. The average molecular weight is 343 g/mol. The lowest BCUT2D eigenvalue weighted by Crippen LogP contribution is -2.28. The van der Waals surface area contributed by atoms with E-state index in [1.165, 1.54) is 23.2 Å². The van der Waals surface area contributed by atoms with Crippen molar-refractivity contribution in [1.29, 1.82) is 0 Å². The topological polar surface area (TPSA) is 82.3 Å². The second-order valence-corrected chi connectivity index (χ2v) is 6.23. The lowest BCUT2D eigenvalue weighted by Gasteiger charge is -2.17. The van der Waals surface area contributed by atoms with Gasteiger partial charge in [-0.15, -0.1) is 0 Å². The van der Waals surface area contributed by atoms with E-state index in [1.807, 2.05) is 0 Å². The molecule has 0 aliphatic carbocycles. The third kappa shape index (κ3) is 3.45. The van der Waals surface area contributed by atoms with Crippen LogP contribution in [0.25, 0.3) is 0 Å². The number of carbonyl (C=O) groups is 2. The molecule has 1 atom stereocenters. The highest BCUT2D eigenvalue weighted by molar-refractivity contribution is 6.03. The highest BCUT2D eigenvalue weighted by Crippen LogP contribution is 2.27. The summed E-state index contributed by atoms with van der Waals surface area (Å²) in [5.74, 6) is -1.31. The molecular weight excluding hydrogens is 325 g/mol. The van der Waals surface area contributed by atoms with Gasteiger partial charge in [0, 0.05) is 30.4 Å². The molecule has 1 fully saturated rings. The van der Waals surface area contributed by atoms with Crippen molar-refractivity contribution in [3.05, 3.63) is 57.8 Å². The van der Waals surface area contributed by atoms with Crippen LogP contribution in [-0.2, 0) is 9.59 Å². The van der Waals surface area contributed by atoms with Gasteiger partial charge >= 0.3 is 0 Å². The highest BCUT2D eigenvalue weighted by Gasteiger charge is 2.35. The molecule has 1 aliphatic heterocycles. The van der Waals surface area contributed by atoms with E-state index in [0.717, 1.165) is 0 Å². The molecule has 130 valence electrons. The first-order chi connectivity index (χ1) is 11.8. The highest BCUT2D eigenvalue weighted by atomic mass is 19.1. The molecule has 0 bridgehead atoms. The number of hydrogen-bond acceptors (Lipinski definition) is 3. The van der Waals surface area contributed by atoms with Crippen molar-refractivity contribution in [3.63, 3.8) is 0 Å². The molecule has 2 N–H and O–H groups in total. The number of aromatic nitrogens is 1. The zero-order chi connectivity index (χ0) is 18.1. The number of aromatic amines is 1. The summed E-state index contributed by atoms with van der Waals surface area (Å²) < 4.78 is 13.4. The Labute approximate surface area is 143 Å². The first kappa shape index (κ1) is 16.9. The first-order valence-corrected chi connectivity index (χ1v) is 7.92. The summed E-state index contributed by atoms with van der Waals surface area (Å²) in [7, 11) is 0. The van der Waals surface area contributed by atoms with Crippen molar-refractivity contribution < 1.29 is 14.0 Å². The quantitative estimate of drug-likeness (QED) is 0.896. The molecule has 2 heterocycles. The molecule has 1 saturated heterocycles. The Morgan fingerprint density at radius 1 is 1.24 bits per heavy atom. The summed E-state index contributed by atoms with van der Waals surface area (Å²) in [6.45, 7) is 3.51. The van der Waals surface area contributed by atoms with Crippen LogP contribution in [-0.4, -0.2) is 23.3 Å². The van der Waals surface area contributed by atoms with Gasteiger partial charge in [0.1, 0.15) is 5.82 Å². The van der Waals surface area contributed by atoms with E-state index < -0.39 is 5.92 Å². The number of aryl methyl sites for hydroxylation is 2. The standard InChI is InChI=1S/C18H18FN3O3/c1-10-6-14(3-4-15(10)19)22-9-12(7-16(22)23)18(25)21-13-5-11(2)17(24)20-8-13/h3-6,8,12H,7,9H2,1-2H3,(H,20,24)(H,21,25). The number of amides is 2. The smallest absolute Gasteiger partial charge is 0.250 e. The Balaban J connectivity index is 1.72. The van der Waals surface area contributed by atoms with Crippen LogP contribution in [0, 0.1) is 25.6 Å². The second-order valence-electron chi connectivity index (χ2n) is 6.23. The number of rotatable bonds is 3. The van der Waals surface area contributed by atoms with E-state index in [9.17, 15) is 18.8 Å². The maximum atomic E-state index is 13.4. The third-order valence-corrected chi connectivity index (χ3v) is 4.31. The summed E-state index contributed by atoms with van der Waals surface area (Å²) in [4.78, 5) is 40.0. The molecule has 0 radical (unpaired) electrons. The Kier molecular flexibility index (Phi) is 4.39. The van der Waals surface area contributed by atoms with Crippen LogP contribution in [0.15, 0.2) is 35.3 Å². The second kappa shape index (κ2) is 6.51. The molecule has 1 aliphatic rings. The molecule has 3 rings (SSSR count). The van der Waals surface area contributed by atoms with E-state index in [1.54, 1.807) is 26.0 Å². The van der Waals surface area contributed by atoms with E-state index >= 15 is 0 Å². The molecular formula is C18H18FN3O3. The molecule has 0 spiro atoms. The van der Waals surface area contributed by atoms with Gasteiger partial charge in [0.15, 0.2) is 0 Å². The van der Waals surface area contributed by atoms with Crippen LogP contribution in [0.4, 0.5) is 15.8 Å². The van der Waals surface area contributed by atoms with Crippen molar-refractivity contribution in [2.45, 2.75) is 20.3 Å². The zero-order valence-corrected chi connectivity index (χ0v) is 13.9. The van der Waals surface area contributed by atoms with E-state index in [0.29, 0.717) is 22.5 Å². The molecule has 25 heavy (non-hydrogen) atoms. The minimum atomic E-state index is -0.509. The fourth-order valence-electron chi connectivity index (χ4n) is 2.84. The lowest BCUT2D eigenvalue weighted by atomic mass is 10.1. The number of pyridine rings is 1. The van der Waals surface area contributed by atoms with Crippen LogP contribution < -0.4 is 15.8 Å². The third-order valence-electron chi connectivity index (χ3n) is 4.31. The minimum absolute atomic E-state index is 0.0879. The molecule has 1 aromatic carbocycles.